The van der Waals surface area contributed by atoms with Crippen LogP contribution in [0.4, 0.5) is 0 Å². The lowest BCUT2D eigenvalue weighted by Gasteiger charge is -2.63. The average molecular weight is 460 g/mol. The minimum Gasteiger partial charge on any atom is -0.303 e. The fourth-order valence-electron chi connectivity index (χ4n) is 10.3. The quantitative estimate of drug-likeness (QED) is 0.442. The van der Waals surface area contributed by atoms with Gasteiger partial charge in [-0.25, -0.2) is 0 Å². The zero-order valence-electron chi connectivity index (χ0n) is 22.1. The Labute approximate surface area is 204 Å². The Morgan fingerprint density at radius 1 is 0.875 bits per heavy atom. The van der Waals surface area contributed by atoms with Crippen LogP contribution in [0.1, 0.15) is 118 Å². The van der Waals surface area contributed by atoms with Crippen LogP contribution in [0.25, 0.3) is 0 Å². The van der Waals surface area contributed by atoms with Crippen molar-refractivity contribution in [1.82, 2.24) is 5.32 Å². The van der Waals surface area contributed by atoms with Gasteiger partial charge in [-0.15, -0.1) is 11.8 Å². The molecule has 4 saturated carbocycles. The van der Waals surface area contributed by atoms with Crippen LogP contribution in [0.2, 0.25) is 0 Å². The van der Waals surface area contributed by atoms with Gasteiger partial charge in [-0.2, -0.15) is 0 Å². The lowest BCUT2D eigenvalue weighted by Crippen LogP contribution is -2.59. The van der Waals surface area contributed by atoms with Gasteiger partial charge in [0, 0.05) is 0 Å². The van der Waals surface area contributed by atoms with E-state index in [1.165, 1.54) is 70.1 Å². The molecular weight excluding hydrogens is 406 g/mol. The molecule has 9 atom stereocenters. The van der Waals surface area contributed by atoms with Gasteiger partial charge in [0.15, 0.2) is 0 Å². The van der Waals surface area contributed by atoms with Gasteiger partial charge in [0.05, 0.1) is 4.87 Å². The van der Waals surface area contributed by atoms with Crippen molar-refractivity contribution in [3.63, 3.8) is 0 Å². The zero-order valence-corrected chi connectivity index (χ0v) is 22.9. The highest BCUT2D eigenvalue weighted by molar-refractivity contribution is 8.00. The molecule has 0 unspecified atom stereocenters. The maximum Gasteiger partial charge on any atom is 0.0648 e. The van der Waals surface area contributed by atoms with Crippen molar-refractivity contribution in [3.8, 4) is 0 Å². The third-order valence-electron chi connectivity index (χ3n) is 12.1. The highest BCUT2D eigenvalue weighted by Gasteiger charge is 2.61. The Balaban J connectivity index is 1.27. The Hall–Kier alpha value is 0.310. The molecule has 0 aromatic carbocycles. The molecule has 1 aliphatic heterocycles. The van der Waals surface area contributed by atoms with Gasteiger partial charge in [0.25, 0.3) is 0 Å². The molecule has 4 aliphatic carbocycles. The minimum absolute atomic E-state index is 0.447. The zero-order chi connectivity index (χ0) is 22.6. The predicted molar refractivity (Wildman–Crippen MR) is 141 cm³/mol. The molecule has 1 N–H and O–H groups in total. The van der Waals surface area contributed by atoms with Crippen molar-refractivity contribution < 1.29 is 0 Å². The number of hydrogen-bond donors (Lipinski definition) is 1. The fourth-order valence-corrected chi connectivity index (χ4v) is 11.7. The molecule has 0 aromatic rings. The SMILES string of the molecule is CC(C)CCC[C@@H](C)[C@H]1CC[C@H]2[C@@H]3CC[C@@H]4C[C@]5(CC[C@]4(C)[C@H]3CC[C@]12C)NCCCS5. The molecule has 5 fully saturated rings. The van der Waals surface area contributed by atoms with E-state index in [4.69, 9.17) is 0 Å². The summed E-state index contributed by atoms with van der Waals surface area (Å²) in [5.41, 5.74) is 1.29. The summed E-state index contributed by atoms with van der Waals surface area (Å²) in [6.07, 6.45) is 19.4. The van der Waals surface area contributed by atoms with Crippen LogP contribution < -0.4 is 5.32 Å². The highest BCUT2D eigenvalue weighted by Crippen LogP contribution is 2.69. The normalized spacial score (nSPS) is 49.5. The van der Waals surface area contributed by atoms with E-state index < -0.39 is 0 Å². The highest BCUT2D eigenvalue weighted by atomic mass is 32.2. The Morgan fingerprint density at radius 2 is 1.69 bits per heavy atom. The molecule has 2 heteroatoms. The molecule has 0 bridgehead atoms. The van der Waals surface area contributed by atoms with Crippen LogP contribution in [0, 0.1) is 52.3 Å². The maximum absolute atomic E-state index is 4.00. The summed E-state index contributed by atoms with van der Waals surface area (Å²) < 4.78 is 0. The van der Waals surface area contributed by atoms with E-state index in [1.54, 1.807) is 25.7 Å². The van der Waals surface area contributed by atoms with E-state index in [2.05, 4.69) is 51.7 Å². The molecule has 0 aromatic heterocycles. The molecule has 32 heavy (non-hydrogen) atoms. The fraction of sp³-hybridized carbons (Fsp3) is 1.00. The van der Waals surface area contributed by atoms with Gasteiger partial charge < -0.3 is 5.32 Å². The summed E-state index contributed by atoms with van der Waals surface area (Å²) in [5, 5.41) is 4.00. The summed E-state index contributed by atoms with van der Waals surface area (Å²) in [5.74, 6) is 8.29. The Kier molecular flexibility index (Phi) is 6.81. The molecule has 1 heterocycles. The van der Waals surface area contributed by atoms with E-state index in [-0.39, 0.29) is 0 Å². The molecule has 1 nitrogen and oxygen atoms in total. The molecule has 1 spiro atoms. The van der Waals surface area contributed by atoms with Crippen LogP contribution in [0.3, 0.4) is 0 Å². The first-order valence-corrected chi connectivity index (χ1v) is 15.6. The van der Waals surface area contributed by atoms with Gasteiger partial charge in [0.1, 0.15) is 0 Å². The predicted octanol–water partition coefficient (Wildman–Crippen LogP) is 8.53. The van der Waals surface area contributed by atoms with Crippen molar-refractivity contribution in [3.05, 3.63) is 0 Å². The standard InChI is InChI=1S/C30H53NS/c1-21(2)8-6-9-22(3)25-12-13-26-24-11-10-23-20-30(31-18-7-19-32-30)17-16-28(23,4)27(24)14-15-29(25,26)5/h21-27,31H,6-20H2,1-5H3/t22-,23-,24+,25-,26+,27+,28+,29-,30-/m1/s1. The maximum atomic E-state index is 4.00. The van der Waals surface area contributed by atoms with Gasteiger partial charge in [0.2, 0.25) is 0 Å². The minimum atomic E-state index is 0.447. The molecule has 184 valence electrons. The van der Waals surface area contributed by atoms with Crippen molar-refractivity contribution in [2.24, 2.45) is 52.3 Å². The molecule has 0 amide bonds. The molecule has 5 rings (SSSR count). The topological polar surface area (TPSA) is 12.0 Å². The van der Waals surface area contributed by atoms with E-state index >= 15 is 0 Å². The lowest BCUT2D eigenvalue weighted by atomic mass is 9.44. The molecular formula is C30H53NS. The van der Waals surface area contributed by atoms with Gasteiger partial charge in [-0.1, -0.05) is 53.9 Å². The van der Waals surface area contributed by atoms with E-state index in [0.29, 0.717) is 15.7 Å². The van der Waals surface area contributed by atoms with Crippen LogP contribution in [-0.4, -0.2) is 17.2 Å². The summed E-state index contributed by atoms with van der Waals surface area (Å²) in [6.45, 7) is 14.2. The van der Waals surface area contributed by atoms with Crippen LogP contribution in [0.5, 0.6) is 0 Å². The second-order valence-electron chi connectivity index (χ2n) is 14.0. The smallest absolute Gasteiger partial charge is 0.0648 e. The second-order valence-corrected chi connectivity index (χ2v) is 15.5. The van der Waals surface area contributed by atoms with E-state index in [0.717, 1.165) is 41.4 Å². The number of rotatable bonds is 5. The summed E-state index contributed by atoms with van der Waals surface area (Å²) in [7, 11) is 0. The third kappa shape index (κ3) is 4.04. The van der Waals surface area contributed by atoms with Crippen LogP contribution in [-0.2, 0) is 0 Å². The molecule has 1 saturated heterocycles. The Morgan fingerprint density at radius 3 is 2.44 bits per heavy atom. The van der Waals surface area contributed by atoms with Gasteiger partial charge in [-0.3, -0.25) is 0 Å². The second kappa shape index (κ2) is 9.07. The first kappa shape index (κ1) is 24.0. The van der Waals surface area contributed by atoms with Crippen molar-refractivity contribution in [1.29, 1.82) is 0 Å². The number of fused-ring (bicyclic) bond motifs is 5. The van der Waals surface area contributed by atoms with Crippen molar-refractivity contribution in [2.75, 3.05) is 12.3 Å². The lowest BCUT2D eigenvalue weighted by molar-refractivity contribution is -0.120. The Bertz CT molecular complexity index is 653. The van der Waals surface area contributed by atoms with E-state index in [1.807, 2.05) is 0 Å². The number of hydrogen-bond acceptors (Lipinski definition) is 2. The summed E-state index contributed by atoms with van der Waals surface area (Å²) >= 11 is 2.29. The van der Waals surface area contributed by atoms with E-state index in [9.17, 15) is 0 Å². The van der Waals surface area contributed by atoms with Gasteiger partial charge in [-0.05, 0) is 129 Å². The number of thioether (sulfide) groups is 1. The third-order valence-corrected chi connectivity index (χ3v) is 13.6. The van der Waals surface area contributed by atoms with Crippen molar-refractivity contribution in [2.45, 2.75) is 123 Å². The van der Waals surface area contributed by atoms with Crippen LogP contribution >= 0.6 is 11.8 Å². The first-order chi connectivity index (χ1) is 15.3. The summed E-state index contributed by atoms with van der Waals surface area (Å²) in [4.78, 5) is 0.447. The molecule has 5 aliphatic rings. The van der Waals surface area contributed by atoms with Crippen LogP contribution in [0.15, 0.2) is 0 Å². The largest absolute Gasteiger partial charge is 0.303 e. The number of nitrogens with one attached hydrogen (secondary N) is 1. The monoisotopic (exact) mass is 459 g/mol. The van der Waals surface area contributed by atoms with Gasteiger partial charge >= 0.3 is 0 Å². The van der Waals surface area contributed by atoms with Crippen molar-refractivity contribution >= 4 is 11.8 Å². The first-order valence-electron chi connectivity index (χ1n) is 14.7. The molecule has 0 radical (unpaired) electrons. The summed E-state index contributed by atoms with van der Waals surface area (Å²) in [6, 6.07) is 0. The average Bonchev–Trinajstić information content (AvgIpc) is 3.12.